The second-order valence-electron chi connectivity index (χ2n) is 4.32. The van der Waals surface area contributed by atoms with E-state index in [9.17, 15) is 4.79 Å². The normalized spacial score (nSPS) is 11.9. The first-order chi connectivity index (χ1) is 9.06. The van der Waals surface area contributed by atoms with Crippen molar-refractivity contribution in [3.63, 3.8) is 0 Å². The van der Waals surface area contributed by atoms with Crippen LogP contribution in [0.5, 0.6) is 0 Å². The van der Waals surface area contributed by atoms with E-state index in [4.69, 9.17) is 11.6 Å². The number of H-pyrrole nitrogens is 1. The molecule has 1 aromatic carbocycles. The first-order valence-corrected chi connectivity index (χ1v) is 6.26. The van der Waals surface area contributed by atoms with Crippen LogP contribution in [0, 0.1) is 6.92 Å². The van der Waals surface area contributed by atoms with Crippen LogP contribution in [-0.4, -0.2) is 16.2 Å². The standard InChI is InChI=1S/C13H15ClN4O/c1-8-3-4-11(5-12(8)14)18-13(19)17-9(2)10-6-15-16-7-10/h3-7,9H,1-2H3,(H,15,16)(H2,17,18,19). The molecule has 0 radical (unpaired) electrons. The average molecular weight is 279 g/mol. The number of anilines is 1. The molecule has 0 aliphatic heterocycles. The highest BCUT2D eigenvalue weighted by Crippen LogP contribution is 2.20. The molecular formula is C13H15ClN4O. The van der Waals surface area contributed by atoms with Gasteiger partial charge in [-0.05, 0) is 31.5 Å². The molecule has 100 valence electrons. The van der Waals surface area contributed by atoms with E-state index < -0.39 is 0 Å². The van der Waals surface area contributed by atoms with Crippen LogP contribution in [0.3, 0.4) is 0 Å². The number of urea groups is 1. The van der Waals surface area contributed by atoms with Crippen LogP contribution in [0.2, 0.25) is 5.02 Å². The predicted octanol–water partition coefficient (Wildman–Crippen LogP) is 3.25. The Balaban J connectivity index is 1.95. The molecule has 0 fully saturated rings. The molecule has 2 amide bonds. The number of amides is 2. The quantitative estimate of drug-likeness (QED) is 0.806. The monoisotopic (exact) mass is 278 g/mol. The topological polar surface area (TPSA) is 69.8 Å². The summed E-state index contributed by atoms with van der Waals surface area (Å²) in [5.74, 6) is 0. The van der Waals surface area contributed by atoms with Gasteiger partial charge in [-0.1, -0.05) is 17.7 Å². The lowest BCUT2D eigenvalue weighted by Gasteiger charge is -2.13. The molecule has 1 heterocycles. The molecular weight excluding hydrogens is 264 g/mol. The van der Waals surface area contributed by atoms with E-state index in [1.54, 1.807) is 18.5 Å². The molecule has 0 bridgehead atoms. The van der Waals surface area contributed by atoms with Crippen molar-refractivity contribution in [2.45, 2.75) is 19.9 Å². The first kappa shape index (κ1) is 13.4. The van der Waals surface area contributed by atoms with Crippen LogP contribution >= 0.6 is 11.6 Å². The van der Waals surface area contributed by atoms with Crippen LogP contribution in [0.25, 0.3) is 0 Å². The van der Waals surface area contributed by atoms with Crippen LogP contribution in [0.4, 0.5) is 10.5 Å². The van der Waals surface area contributed by atoms with E-state index in [0.29, 0.717) is 10.7 Å². The Bertz CT molecular complexity index is 568. The number of hydrogen-bond acceptors (Lipinski definition) is 2. The molecule has 0 saturated heterocycles. The number of carbonyl (C=O) groups is 1. The maximum Gasteiger partial charge on any atom is 0.319 e. The van der Waals surface area contributed by atoms with Gasteiger partial charge < -0.3 is 10.6 Å². The average Bonchev–Trinajstić information content (AvgIpc) is 2.87. The minimum absolute atomic E-state index is 0.125. The molecule has 3 N–H and O–H groups in total. The third-order valence-electron chi connectivity index (χ3n) is 2.80. The van der Waals surface area contributed by atoms with Gasteiger partial charge in [-0.25, -0.2) is 4.79 Å². The fourth-order valence-corrected chi connectivity index (χ4v) is 1.80. The highest BCUT2D eigenvalue weighted by Gasteiger charge is 2.10. The Morgan fingerprint density at radius 3 is 2.89 bits per heavy atom. The number of carbonyl (C=O) groups excluding carboxylic acids is 1. The summed E-state index contributed by atoms with van der Waals surface area (Å²) in [6.45, 7) is 3.79. The van der Waals surface area contributed by atoms with Gasteiger partial charge in [-0.3, -0.25) is 5.10 Å². The molecule has 2 rings (SSSR count). The van der Waals surface area contributed by atoms with Crippen LogP contribution in [0.1, 0.15) is 24.1 Å². The van der Waals surface area contributed by atoms with Gasteiger partial charge in [0.15, 0.2) is 0 Å². The summed E-state index contributed by atoms with van der Waals surface area (Å²) in [5, 5.41) is 12.7. The van der Waals surface area contributed by atoms with Crippen molar-refractivity contribution < 1.29 is 4.79 Å². The highest BCUT2D eigenvalue weighted by molar-refractivity contribution is 6.31. The Morgan fingerprint density at radius 1 is 1.47 bits per heavy atom. The van der Waals surface area contributed by atoms with E-state index in [2.05, 4.69) is 20.8 Å². The summed E-state index contributed by atoms with van der Waals surface area (Å²) in [4.78, 5) is 11.8. The van der Waals surface area contributed by atoms with Crippen molar-refractivity contribution in [2.24, 2.45) is 0 Å². The van der Waals surface area contributed by atoms with Crippen molar-refractivity contribution in [2.75, 3.05) is 5.32 Å². The number of rotatable bonds is 3. The molecule has 0 saturated carbocycles. The van der Waals surface area contributed by atoms with Gasteiger partial charge in [0.1, 0.15) is 0 Å². The lowest BCUT2D eigenvalue weighted by atomic mass is 10.2. The minimum Gasteiger partial charge on any atom is -0.331 e. The summed E-state index contributed by atoms with van der Waals surface area (Å²) in [7, 11) is 0. The van der Waals surface area contributed by atoms with Gasteiger partial charge in [-0.15, -0.1) is 0 Å². The second kappa shape index (κ2) is 5.75. The molecule has 0 aliphatic rings. The van der Waals surface area contributed by atoms with Gasteiger partial charge in [0, 0.05) is 22.5 Å². The number of nitrogens with zero attached hydrogens (tertiary/aromatic N) is 1. The Morgan fingerprint density at radius 2 is 2.26 bits per heavy atom. The van der Waals surface area contributed by atoms with Crippen LogP contribution in [0.15, 0.2) is 30.6 Å². The second-order valence-corrected chi connectivity index (χ2v) is 4.72. The molecule has 19 heavy (non-hydrogen) atoms. The molecule has 1 aromatic heterocycles. The molecule has 5 nitrogen and oxygen atoms in total. The molecule has 0 spiro atoms. The smallest absolute Gasteiger partial charge is 0.319 e. The third kappa shape index (κ3) is 3.48. The van der Waals surface area contributed by atoms with Crippen molar-refractivity contribution in [1.82, 2.24) is 15.5 Å². The summed E-state index contributed by atoms with van der Waals surface area (Å²) in [5.41, 5.74) is 2.55. The fraction of sp³-hybridized carbons (Fsp3) is 0.231. The number of hydrogen-bond donors (Lipinski definition) is 3. The van der Waals surface area contributed by atoms with Crippen molar-refractivity contribution in [3.8, 4) is 0 Å². The fourth-order valence-electron chi connectivity index (χ4n) is 1.62. The van der Waals surface area contributed by atoms with Gasteiger partial charge >= 0.3 is 6.03 Å². The molecule has 0 aliphatic carbocycles. The number of aromatic amines is 1. The maximum atomic E-state index is 11.8. The predicted molar refractivity (Wildman–Crippen MR) is 75.3 cm³/mol. The van der Waals surface area contributed by atoms with Gasteiger partial charge in [0.05, 0.1) is 12.2 Å². The van der Waals surface area contributed by atoms with Gasteiger partial charge in [-0.2, -0.15) is 5.10 Å². The summed E-state index contributed by atoms with van der Waals surface area (Å²) in [6.07, 6.45) is 3.42. The van der Waals surface area contributed by atoms with Crippen LogP contribution < -0.4 is 10.6 Å². The summed E-state index contributed by atoms with van der Waals surface area (Å²) in [6, 6.07) is 4.98. The minimum atomic E-state index is -0.284. The SMILES string of the molecule is Cc1ccc(NC(=O)NC(C)c2cn[nH]c2)cc1Cl. The Labute approximate surface area is 116 Å². The number of aryl methyl sites for hydroxylation is 1. The van der Waals surface area contributed by atoms with E-state index in [0.717, 1.165) is 11.1 Å². The molecule has 1 atom stereocenters. The third-order valence-corrected chi connectivity index (χ3v) is 3.20. The Kier molecular flexibility index (Phi) is 4.06. The Hall–Kier alpha value is -2.01. The van der Waals surface area contributed by atoms with Gasteiger partial charge in [0.25, 0.3) is 0 Å². The lowest BCUT2D eigenvalue weighted by Crippen LogP contribution is -2.30. The number of aromatic nitrogens is 2. The maximum absolute atomic E-state index is 11.8. The van der Waals surface area contributed by atoms with Gasteiger partial charge in [0.2, 0.25) is 0 Å². The van der Waals surface area contributed by atoms with E-state index in [-0.39, 0.29) is 12.1 Å². The van der Waals surface area contributed by atoms with E-state index in [1.807, 2.05) is 26.0 Å². The highest BCUT2D eigenvalue weighted by atomic mass is 35.5. The number of nitrogens with one attached hydrogen (secondary N) is 3. The zero-order chi connectivity index (χ0) is 13.8. The number of benzene rings is 1. The van der Waals surface area contributed by atoms with E-state index >= 15 is 0 Å². The molecule has 6 heteroatoms. The lowest BCUT2D eigenvalue weighted by molar-refractivity contribution is 0.249. The van der Waals surface area contributed by atoms with E-state index in [1.165, 1.54) is 0 Å². The zero-order valence-electron chi connectivity index (χ0n) is 10.7. The number of halogens is 1. The van der Waals surface area contributed by atoms with Crippen LogP contribution in [-0.2, 0) is 0 Å². The largest absolute Gasteiger partial charge is 0.331 e. The van der Waals surface area contributed by atoms with Crippen molar-refractivity contribution in [1.29, 1.82) is 0 Å². The van der Waals surface area contributed by atoms with Crippen molar-refractivity contribution in [3.05, 3.63) is 46.7 Å². The summed E-state index contributed by atoms with van der Waals surface area (Å²) < 4.78 is 0. The summed E-state index contributed by atoms with van der Waals surface area (Å²) >= 11 is 6.00. The molecule has 1 unspecified atom stereocenters. The zero-order valence-corrected chi connectivity index (χ0v) is 11.5. The molecule has 2 aromatic rings. The first-order valence-electron chi connectivity index (χ1n) is 5.88. The van der Waals surface area contributed by atoms with Crippen molar-refractivity contribution >= 4 is 23.3 Å².